The van der Waals surface area contributed by atoms with Crippen molar-refractivity contribution in [3.05, 3.63) is 18.2 Å². The van der Waals surface area contributed by atoms with Crippen LogP contribution in [0.3, 0.4) is 0 Å². The standard InChI is InChI=1S/C15H20N2O4/c1-4-17-12-6-5-11(7-13(12)21-9-14(17)18)16(3)8-10(2)15(19)20/h5-7,10H,4,8-9H2,1-3H3,(H,19,20). The normalized spacial score (nSPS) is 15.2. The molecule has 1 aromatic rings. The third-order valence-electron chi connectivity index (χ3n) is 3.61. The van der Waals surface area contributed by atoms with E-state index in [1.165, 1.54) is 0 Å². The van der Waals surface area contributed by atoms with Gasteiger partial charge in [0, 0.05) is 31.9 Å². The second kappa shape index (κ2) is 6.03. The van der Waals surface area contributed by atoms with Gasteiger partial charge >= 0.3 is 5.97 Å². The second-order valence-electron chi connectivity index (χ2n) is 5.20. The van der Waals surface area contributed by atoms with E-state index in [4.69, 9.17) is 9.84 Å². The van der Waals surface area contributed by atoms with Gasteiger partial charge in [-0.05, 0) is 19.1 Å². The molecule has 0 aromatic heterocycles. The van der Waals surface area contributed by atoms with Gasteiger partial charge in [0.25, 0.3) is 5.91 Å². The number of anilines is 2. The number of rotatable bonds is 5. The van der Waals surface area contributed by atoms with Gasteiger partial charge in [-0.2, -0.15) is 0 Å². The number of likely N-dealkylation sites (N-methyl/N-ethyl adjacent to an activating group) is 1. The molecule has 0 aliphatic carbocycles. The Bertz CT molecular complexity index is 559. The van der Waals surface area contributed by atoms with Gasteiger partial charge in [0.1, 0.15) is 5.75 Å². The molecule has 21 heavy (non-hydrogen) atoms. The Morgan fingerprint density at radius 2 is 2.24 bits per heavy atom. The van der Waals surface area contributed by atoms with Crippen molar-refractivity contribution in [1.29, 1.82) is 0 Å². The summed E-state index contributed by atoms with van der Waals surface area (Å²) in [5.41, 5.74) is 1.63. The molecule has 1 aliphatic rings. The molecular formula is C15H20N2O4. The Balaban J connectivity index is 2.21. The molecule has 1 unspecified atom stereocenters. The van der Waals surface area contributed by atoms with Gasteiger partial charge in [0.2, 0.25) is 0 Å². The molecule has 0 fully saturated rings. The minimum atomic E-state index is -0.821. The number of carbonyl (C=O) groups excluding carboxylic acids is 1. The van der Waals surface area contributed by atoms with Gasteiger partial charge in [-0.1, -0.05) is 6.92 Å². The largest absolute Gasteiger partial charge is 0.481 e. The van der Waals surface area contributed by atoms with Crippen molar-refractivity contribution in [1.82, 2.24) is 0 Å². The fourth-order valence-electron chi connectivity index (χ4n) is 2.37. The van der Waals surface area contributed by atoms with Crippen molar-refractivity contribution >= 4 is 23.3 Å². The summed E-state index contributed by atoms with van der Waals surface area (Å²) in [5.74, 6) is -0.672. The number of amides is 1. The quantitative estimate of drug-likeness (QED) is 0.892. The zero-order valence-corrected chi connectivity index (χ0v) is 12.5. The Labute approximate surface area is 123 Å². The van der Waals surface area contributed by atoms with Crippen molar-refractivity contribution < 1.29 is 19.4 Å². The monoisotopic (exact) mass is 292 g/mol. The lowest BCUT2D eigenvalue weighted by Crippen LogP contribution is -2.38. The number of ether oxygens (including phenoxy) is 1. The molecule has 0 saturated heterocycles. The summed E-state index contributed by atoms with van der Waals surface area (Å²) in [6.45, 7) is 4.64. The van der Waals surface area contributed by atoms with E-state index < -0.39 is 11.9 Å². The molecule has 6 nitrogen and oxygen atoms in total. The van der Waals surface area contributed by atoms with E-state index >= 15 is 0 Å². The smallest absolute Gasteiger partial charge is 0.308 e. The van der Waals surface area contributed by atoms with Crippen molar-refractivity contribution in [2.45, 2.75) is 13.8 Å². The molecule has 114 valence electrons. The Morgan fingerprint density at radius 1 is 1.52 bits per heavy atom. The number of hydrogen-bond acceptors (Lipinski definition) is 4. The second-order valence-corrected chi connectivity index (χ2v) is 5.20. The predicted molar refractivity (Wildman–Crippen MR) is 80.0 cm³/mol. The first-order valence-electron chi connectivity index (χ1n) is 6.95. The van der Waals surface area contributed by atoms with Gasteiger partial charge in [-0.25, -0.2) is 0 Å². The number of fused-ring (bicyclic) bond motifs is 1. The van der Waals surface area contributed by atoms with Gasteiger partial charge < -0.3 is 19.6 Å². The summed E-state index contributed by atoms with van der Waals surface area (Å²) in [6, 6.07) is 5.56. The maximum absolute atomic E-state index is 11.8. The molecule has 6 heteroatoms. The van der Waals surface area contributed by atoms with Crippen LogP contribution in [0.15, 0.2) is 18.2 Å². The van der Waals surface area contributed by atoms with Crippen LogP contribution in [-0.4, -0.2) is 43.7 Å². The van der Waals surface area contributed by atoms with E-state index in [-0.39, 0.29) is 12.5 Å². The van der Waals surface area contributed by atoms with E-state index in [0.717, 1.165) is 11.4 Å². The summed E-state index contributed by atoms with van der Waals surface area (Å²) in [7, 11) is 1.84. The topological polar surface area (TPSA) is 70.1 Å². The number of benzene rings is 1. The van der Waals surface area contributed by atoms with Crippen molar-refractivity contribution in [2.24, 2.45) is 5.92 Å². The van der Waals surface area contributed by atoms with Crippen LogP contribution in [0.5, 0.6) is 5.75 Å². The summed E-state index contributed by atoms with van der Waals surface area (Å²) in [5, 5.41) is 8.97. The van der Waals surface area contributed by atoms with Crippen LogP contribution in [0, 0.1) is 5.92 Å². The van der Waals surface area contributed by atoms with E-state index in [1.54, 1.807) is 11.8 Å². The molecule has 1 aliphatic heterocycles. The number of nitrogens with zero attached hydrogens (tertiary/aromatic N) is 2. The van der Waals surface area contributed by atoms with E-state index in [1.807, 2.05) is 37.1 Å². The fourth-order valence-corrected chi connectivity index (χ4v) is 2.37. The molecule has 0 saturated carbocycles. The first-order chi connectivity index (χ1) is 9.93. The Hall–Kier alpha value is -2.24. The van der Waals surface area contributed by atoms with Crippen LogP contribution in [0.4, 0.5) is 11.4 Å². The van der Waals surface area contributed by atoms with Crippen LogP contribution in [0.1, 0.15) is 13.8 Å². The molecule has 1 atom stereocenters. The van der Waals surface area contributed by atoms with Crippen molar-refractivity contribution in [2.75, 3.05) is 36.5 Å². The highest BCUT2D eigenvalue weighted by molar-refractivity contribution is 5.98. The lowest BCUT2D eigenvalue weighted by Gasteiger charge is -2.30. The lowest BCUT2D eigenvalue weighted by atomic mass is 10.1. The minimum absolute atomic E-state index is 0.0412. The number of aliphatic carboxylic acids is 1. The summed E-state index contributed by atoms with van der Waals surface area (Å²) >= 11 is 0. The van der Waals surface area contributed by atoms with E-state index in [2.05, 4.69) is 0 Å². The van der Waals surface area contributed by atoms with Crippen LogP contribution >= 0.6 is 0 Å². The third-order valence-corrected chi connectivity index (χ3v) is 3.61. The molecule has 2 rings (SSSR count). The molecule has 0 spiro atoms. The average Bonchev–Trinajstić information content (AvgIpc) is 2.46. The summed E-state index contributed by atoms with van der Waals surface area (Å²) in [6.07, 6.45) is 0. The number of hydrogen-bond donors (Lipinski definition) is 1. The first-order valence-corrected chi connectivity index (χ1v) is 6.95. The maximum Gasteiger partial charge on any atom is 0.308 e. The van der Waals surface area contributed by atoms with Crippen molar-refractivity contribution in [3.63, 3.8) is 0 Å². The van der Waals surface area contributed by atoms with Crippen molar-refractivity contribution in [3.8, 4) is 5.75 Å². The lowest BCUT2D eigenvalue weighted by molar-refractivity contribution is -0.140. The van der Waals surface area contributed by atoms with E-state index in [9.17, 15) is 9.59 Å². The van der Waals surface area contributed by atoms with Crippen LogP contribution in [0.2, 0.25) is 0 Å². The molecule has 1 aromatic carbocycles. The zero-order valence-electron chi connectivity index (χ0n) is 12.5. The van der Waals surface area contributed by atoms with Gasteiger partial charge in [0.15, 0.2) is 6.61 Å². The average molecular weight is 292 g/mol. The van der Waals surface area contributed by atoms with Gasteiger partial charge in [-0.15, -0.1) is 0 Å². The molecule has 0 bridgehead atoms. The van der Waals surface area contributed by atoms with Crippen LogP contribution < -0.4 is 14.5 Å². The number of carboxylic acids is 1. The summed E-state index contributed by atoms with van der Waals surface area (Å²) in [4.78, 5) is 26.2. The maximum atomic E-state index is 11.8. The first kappa shape index (κ1) is 15.2. The molecule has 1 heterocycles. The highest BCUT2D eigenvalue weighted by atomic mass is 16.5. The fraction of sp³-hybridized carbons (Fsp3) is 0.467. The molecule has 0 radical (unpaired) electrons. The predicted octanol–water partition coefficient (Wildman–Crippen LogP) is 1.59. The van der Waals surface area contributed by atoms with Crippen LogP contribution in [-0.2, 0) is 9.59 Å². The number of carbonyl (C=O) groups is 2. The molecule has 1 amide bonds. The molecule has 1 N–H and O–H groups in total. The number of carboxylic acid groups (broad SMARTS) is 1. The Morgan fingerprint density at radius 3 is 2.86 bits per heavy atom. The summed E-state index contributed by atoms with van der Waals surface area (Å²) < 4.78 is 5.48. The molecular weight excluding hydrogens is 272 g/mol. The zero-order chi connectivity index (χ0) is 15.6. The SMILES string of the molecule is CCN1C(=O)COc2cc(N(C)CC(C)C(=O)O)ccc21. The highest BCUT2D eigenvalue weighted by Gasteiger charge is 2.25. The third kappa shape index (κ3) is 3.09. The van der Waals surface area contributed by atoms with Gasteiger partial charge in [-0.3, -0.25) is 9.59 Å². The minimum Gasteiger partial charge on any atom is -0.481 e. The Kier molecular flexibility index (Phi) is 4.35. The van der Waals surface area contributed by atoms with Crippen LogP contribution in [0.25, 0.3) is 0 Å². The van der Waals surface area contributed by atoms with E-state index in [0.29, 0.717) is 18.8 Å². The highest BCUT2D eigenvalue weighted by Crippen LogP contribution is 2.35. The van der Waals surface area contributed by atoms with Gasteiger partial charge in [0.05, 0.1) is 11.6 Å².